The van der Waals surface area contributed by atoms with E-state index in [9.17, 15) is 4.39 Å². The lowest BCUT2D eigenvalue weighted by Crippen LogP contribution is -2.31. The Labute approximate surface area is 119 Å². The van der Waals surface area contributed by atoms with Crippen molar-refractivity contribution in [3.8, 4) is 0 Å². The van der Waals surface area contributed by atoms with Gasteiger partial charge in [-0.2, -0.15) is 11.8 Å². The molecule has 1 aromatic rings. The van der Waals surface area contributed by atoms with E-state index in [0.717, 1.165) is 42.9 Å². The first-order chi connectivity index (χ1) is 9.29. The zero-order valence-electron chi connectivity index (χ0n) is 11.6. The van der Waals surface area contributed by atoms with E-state index in [2.05, 4.69) is 28.9 Å². The van der Waals surface area contributed by atoms with Crippen LogP contribution in [-0.2, 0) is 0 Å². The van der Waals surface area contributed by atoms with Crippen LogP contribution in [-0.4, -0.2) is 37.2 Å². The maximum Gasteiger partial charge on any atom is 0.125 e. The van der Waals surface area contributed by atoms with E-state index < -0.39 is 0 Å². The minimum Gasteiger partial charge on any atom is -0.371 e. The predicted molar refractivity (Wildman–Crippen MR) is 82.6 cm³/mol. The van der Waals surface area contributed by atoms with Gasteiger partial charge < -0.3 is 10.2 Å². The molecule has 2 nitrogen and oxygen atoms in total. The van der Waals surface area contributed by atoms with Gasteiger partial charge in [-0.25, -0.2) is 4.39 Å². The molecular weight excluding hydrogens is 259 g/mol. The van der Waals surface area contributed by atoms with Crippen molar-refractivity contribution >= 4 is 17.4 Å². The van der Waals surface area contributed by atoms with Crippen LogP contribution in [0.25, 0.3) is 0 Å². The number of hydrogen-bond acceptors (Lipinski definition) is 3. The average molecular weight is 282 g/mol. The number of piperidine rings is 1. The first-order valence-electron chi connectivity index (χ1n) is 7.12. The van der Waals surface area contributed by atoms with Crippen LogP contribution in [0.5, 0.6) is 0 Å². The molecule has 0 aromatic heterocycles. The number of anilines is 1. The molecule has 19 heavy (non-hydrogen) atoms. The van der Waals surface area contributed by atoms with Crippen molar-refractivity contribution in [2.45, 2.75) is 25.0 Å². The van der Waals surface area contributed by atoms with Crippen LogP contribution in [0.4, 0.5) is 10.1 Å². The lowest BCUT2D eigenvalue weighted by Gasteiger charge is -2.26. The van der Waals surface area contributed by atoms with Gasteiger partial charge in [-0.1, -0.05) is 6.07 Å². The maximum atomic E-state index is 13.2. The molecule has 1 aromatic carbocycles. The Balaban J connectivity index is 1.79. The zero-order chi connectivity index (χ0) is 13.5. The van der Waals surface area contributed by atoms with Crippen LogP contribution in [0, 0.1) is 5.82 Å². The fourth-order valence-corrected chi connectivity index (χ4v) is 3.66. The molecule has 1 N–H and O–H groups in total. The number of benzene rings is 1. The molecule has 0 bridgehead atoms. The lowest BCUT2D eigenvalue weighted by atomic mass is 10.2. The average Bonchev–Trinajstić information content (AvgIpc) is 2.45. The summed E-state index contributed by atoms with van der Waals surface area (Å²) in [6.07, 6.45) is 2.55. The molecule has 4 heteroatoms. The fourth-order valence-electron chi connectivity index (χ4n) is 2.43. The van der Waals surface area contributed by atoms with Gasteiger partial charge in [-0.3, -0.25) is 0 Å². The number of nitrogens with one attached hydrogen (secondary N) is 1. The highest BCUT2D eigenvalue weighted by Crippen LogP contribution is 2.21. The first-order valence-corrected chi connectivity index (χ1v) is 8.17. The van der Waals surface area contributed by atoms with Crippen molar-refractivity contribution in [1.29, 1.82) is 0 Å². The third-order valence-corrected chi connectivity index (χ3v) is 4.92. The molecule has 0 radical (unpaired) electrons. The van der Waals surface area contributed by atoms with Crippen LogP contribution in [0.1, 0.15) is 19.8 Å². The summed E-state index contributed by atoms with van der Waals surface area (Å²) in [7, 11) is 0. The molecule has 0 atom stereocenters. The molecule has 0 spiro atoms. The number of rotatable bonds is 6. The normalized spacial score (nSPS) is 16.5. The van der Waals surface area contributed by atoms with Crippen molar-refractivity contribution in [2.24, 2.45) is 0 Å². The zero-order valence-corrected chi connectivity index (χ0v) is 12.4. The highest BCUT2D eigenvalue weighted by molar-refractivity contribution is 7.99. The van der Waals surface area contributed by atoms with Crippen molar-refractivity contribution in [1.82, 2.24) is 5.32 Å². The Kier molecular flexibility index (Phi) is 5.98. The Hall–Kier alpha value is -0.740. The number of halogens is 1. The number of hydrogen-bond donors (Lipinski definition) is 1. The van der Waals surface area contributed by atoms with Crippen molar-refractivity contribution in [3.63, 3.8) is 0 Å². The SMILES string of the molecule is CCN(CCSC1CCNCC1)c1cccc(F)c1. The topological polar surface area (TPSA) is 15.3 Å². The third kappa shape index (κ3) is 4.69. The van der Waals surface area contributed by atoms with Crippen LogP contribution in [0.3, 0.4) is 0 Å². The third-order valence-electron chi connectivity index (χ3n) is 3.56. The Morgan fingerprint density at radius 3 is 2.84 bits per heavy atom. The molecule has 106 valence electrons. The summed E-state index contributed by atoms with van der Waals surface area (Å²) < 4.78 is 13.2. The van der Waals surface area contributed by atoms with Gasteiger partial charge in [0.2, 0.25) is 0 Å². The summed E-state index contributed by atoms with van der Waals surface area (Å²) in [5.74, 6) is 0.969. The molecule has 1 saturated heterocycles. The molecule has 2 rings (SSSR count). The van der Waals surface area contributed by atoms with Gasteiger partial charge in [0.1, 0.15) is 5.82 Å². The largest absolute Gasteiger partial charge is 0.371 e. The molecule has 0 saturated carbocycles. The monoisotopic (exact) mass is 282 g/mol. The van der Waals surface area contributed by atoms with Crippen LogP contribution in [0.2, 0.25) is 0 Å². The Bertz CT molecular complexity index is 380. The van der Waals surface area contributed by atoms with Crippen molar-refractivity contribution < 1.29 is 4.39 Å². The maximum absolute atomic E-state index is 13.2. The van der Waals surface area contributed by atoms with Crippen LogP contribution in [0.15, 0.2) is 24.3 Å². The summed E-state index contributed by atoms with van der Waals surface area (Å²) in [5, 5.41) is 4.19. The first kappa shape index (κ1) is 14.7. The van der Waals surface area contributed by atoms with Gasteiger partial charge in [0.25, 0.3) is 0 Å². The van der Waals surface area contributed by atoms with Gasteiger partial charge in [0.05, 0.1) is 0 Å². The molecule has 1 heterocycles. The minimum atomic E-state index is -0.151. The van der Waals surface area contributed by atoms with Crippen LogP contribution < -0.4 is 10.2 Å². The van der Waals surface area contributed by atoms with E-state index in [-0.39, 0.29) is 5.82 Å². The summed E-state index contributed by atoms with van der Waals surface area (Å²) in [5.41, 5.74) is 0.994. The van der Waals surface area contributed by atoms with Gasteiger partial charge in [-0.15, -0.1) is 0 Å². The van der Waals surface area contributed by atoms with E-state index in [1.165, 1.54) is 18.9 Å². The van der Waals surface area contributed by atoms with Crippen molar-refractivity contribution in [3.05, 3.63) is 30.1 Å². The van der Waals surface area contributed by atoms with Crippen LogP contribution >= 0.6 is 11.8 Å². The standard InChI is InChI=1S/C15H23FN2S/c1-2-18(14-5-3-4-13(16)12-14)10-11-19-15-6-8-17-9-7-15/h3-5,12,15,17H,2,6-11H2,1H3. The second-order valence-electron chi connectivity index (χ2n) is 4.88. The highest BCUT2D eigenvalue weighted by atomic mass is 32.2. The molecule has 1 aliphatic heterocycles. The number of thioether (sulfide) groups is 1. The minimum absolute atomic E-state index is 0.151. The molecule has 0 unspecified atom stereocenters. The Morgan fingerprint density at radius 1 is 1.37 bits per heavy atom. The van der Waals surface area contributed by atoms with Gasteiger partial charge in [0.15, 0.2) is 0 Å². The molecule has 1 aliphatic rings. The van der Waals surface area contributed by atoms with Gasteiger partial charge >= 0.3 is 0 Å². The van der Waals surface area contributed by atoms with E-state index in [0.29, 0.717) is 0 Å². The molecular formula is C15H23FN2S. The van der Waals surface area contributed by atoms with Crippen molar-refractivity contribution in [2.75, 3.05) is 36.8 Å². The second kappa shape index (κ2) is 7.75. The van der Waals surface area contributed by atoms with E-state index in [1.807, 2.05) is 6.07 Å². The molecule has 0 amide bonds. The summed E-state index contributed by atoms with van der Waals surface area (Å²) in [4.78, 5) is 2.25. The summed E-state index contributed by atoms with van der Waals surface area (Å²) >= 11 is 2.06. The van der Waals surface area contributed by atoms with E-state index >= 15 is 0 Å². The predicted octanol–water partition coefficient (Wildman–Crippen LogP) is 3.14. The Morgan fingerprint density at radius 2 is 2.16 bits per heavy atom. The molecule has 0 aliphatic carbocycles. The fraction of sp³-hybridized carbons (Fsp3) is 0.600. The highest BCUT2D eigenvalue weighted by Gasteiger charge is 2.13. The summed E-state index contributed by atoms with van der Waals surface area (Å²) in [6, 6.07) is 6.90. The van der Waals surface area contributed by atoms with Gasteiger partial charge in [0, 0.05) is 29.8 Å². The van der Waals surface area contributed by atoms with Gasteiger partial charge in [-0.05, 0) is 51.1 Å². The number of nitrogens with zero attached hydrogens (tertiary/aromatic N) is 1. The lowest BCUT2D eigenvalue weighted by molar-refractivity contribution is 0.531. The quantitative estimate of drug-likeness (QED) is 0.863. The second-order valence-corrected chi connectivity index (χ2v) is 6.29. The van der Waals surface area contributed by atoms with E-state index in [4.69, 9.17) is 0 Å². The summed E-state index contributed by atoms with van der Waals surface area (Å²) in [6.45, 7) is 6.35. The van der Waals surface area contributed by atoms with E-state index in [1.54, 1.807) is 12.1 Å². The smallest absolute Gasteiger partial charge is 0.125 e. The molecule has 1 fully saturated rings.